The molecule has 0 aromatic heterocycles. The molecule has 1 unspecified atom stereocenters. The van der Waals surface area contributed by atoms with Crippen LogP contribution in [0.25, 0.3) is 0 Å². The van der Waals surface area contributed by atoms with Gasteiger partial charge in [0.25, 0.3) is 0 Å². The van der Waals surface area contributed by atoms with Crippen LogP contribution in [0.3, 0.4) is 0 Å². The van der Waals surface area contributed by atoms with Gasteiger partial charge in [-0.05, 0) is 32.6 Å². The van der Waals surface area contributed by atoms with Crippen molar-refractivity contribution < 1.29 is 18.3 Å². The molecule has 0 saturated heterocycles. The predicted molar refractivity (Wildman–Crippen MR) is 46.9 cm³/mol. The monoisotopic (exact) mass is 211 g/mol. The number of hydrogen-bond donors (Lipinski definition) is 2. The smallest absolute Gasteiger partial charge is 0.393 e. The first-order valence-electron chi connectivity index (χ1n) is 4.90. The molecule has 1 aliphatic rings. The van der Waals surface area contributed by atoms with Crippen LogP contribution >= 0.6 is 0 Å². The van der Waals surface area contributed by atoms with Gasteiger partial charge in [0.2, 0.25) is 0 Å². The summed E-state index contributed by atoms with van der Waals surface area (Å²) in [5, 5.41) is 11.8. The lowest BCUT2D eigenvalue weighted by Crippen LogP contribution is -2.47. The second-order valence-corrected chi connectivity index (χ2v) is 3.95. The number of alkyl halides is 3. The number of aliphatic hydroxyl groups excluding tert-OH is 1. The number of nitrogens with one attached hydrogen (secondary N) is 1. The molecule has 0 heterocycles. The summed E-state index contributed by atoms with van der Waals surface area (Å²) in [6, 6.07) is -1.69. The van der Waals surface area contributed by atoms with Crippen molar-refractivity contribution in [3.63, 3.8) is 0 Å². The Labute approximate surface area is 81.5 Å². The van der Waals surface area contributed by atoms with Gasteiger partial charge in [-0.1, -0.05) is 0 Å². The average Bonchev–Trinajstić information content (AvgIpc) is 2.02. The second-order valence-electron chi connectivity index (χ2n) is 3.95. The molecule has 2 nitrogen and oxygen atoms in total. The van der Waals surface area contributed by atoms with Crippen molar-refractivity contribution in [3.8, 4) is 0 Å². The van der Waals surface area contributed by atoms with Gasteiger partial charge in [0, 0.05) is 6.04 Å². The summed E-state index contributed by atoms with van der Waals surface area (Å²) in [5.74, 6) is 0. The Morgan fingerprint density at radius 3 is 2.50 bits per heavy atom. The van der Waals surface area contributed by atoms with E-state index in [-0.39, 0.29) is 6.04 Å². The minimum absolute atomic E-state index is 0.199. The fourth-order valence-electron chi connectivity index (χ4n) is 1.76. The zero-order valence-electron chi connectivity index (χ0n) is 8.14. The third-order valence-corrected chi connectivity index (χ3v) is 2.62. The van der Waals surface area contributed by atoms with Crippen LogP contribution < -0.4 is 5.32 Å². The Hall–Kier alpha value is -0.290. The van der Waals surface area contributed by atoms with Crippen molar-refractivity contribution in [3.05, 3.63) is 0 Å². The van der Waals surface area contributed by atoms with Crippen LogP contribution in [0.15, 0.2) is 0 Å². The molecule has 1 fully saturated rings. The SMILES string of the molecule is CC(N[C@H]1CCC[C@@H](O)C1)C(F)(F)F. The van der Waals surface area contributed by atoms with Gasteiger partial charge in [-0.25, -0.2) is 0 Å². The molecular formula is C9H16F3NO. The molecule has 84 valence electrons. The fourth-order valence-corrected chi connectivity index (χ4v) is 1.76. The number of rotatable bonds is 2. The number of aliphatic hydroxyl groups is 1. The van der Waals surface area contributed by atoms with Gasteiger partial charge < -0.3 is 10.4 Å². The molecule has 0 spiro atoms. The van der Waals surface area contributed by atoms with Gasteiger partial charge in [0.15, 0.2) is 0 Å². The summed E-state index contributed by atoms with van der Waals surface area (Å²) in [4.78, 5) is 0. The summed E-state index contributed by atoms with van der Waals surface area (Å²) in [5.41, 5.74) is 0. The van der Waals surface area contributed by atoms with Crippen molar-refractivity contribution in [2.45, 2.75) is 57.0 Å². The lowest BCUT2D eigenvalue weighted by atomic mass is 9.92. The summed E-state index contributed by atoms with van der Waals surface area (Å²) >= 11 is 0. The van der Waals surface area contributed by atoms with Crippen molar-refractivity contribution in [2.24, 2.45) is 0 Å². The van der Waals surface area contributed by atoms with Crippen LogP contribution in [0.1, 0.15) is 32.6 Å². The summed E-state index contributed by atoms with van der Waals surface area (Å²) in [6.45, 7) is 1.11. The predicted octanol–water partition coefficient (Wildman–Crippen LogP) is 1.83. The lowest BCUT2D eigenvalue weighted by molar-refractivity contribution is -0.154. The fraction of sp³-hybridized carbons (Fsp3) is 1.00. The van der Waals surface area contributed by atoms with Crippen LogP contribution in [0.4, 0.5) is 13.2 Å². The van der Waals surface area contributed by atoms with E-state index in [0.29, 0.717) is 12.8 Å². The molecule has 0 aromatic carbocycles. The first-order chi connectivity index (χ1) is 6.39. The molecule has 0 amide bonds. The standard InChI is InChI=1S/C9H16F3NO/c1-6(9(10,11)12)13-7-3-2-4-8(14)5-7/h6-8,13-14H,2-5H2,1H3/t6?,7-,8+/m0/s1. The Balaban J connectivity index is 2.36. The van der Waals surface area contributed by atoms with Crippen molar-refractivity contribution >= 4 is 0 Å². The van der Waals surface area contributed by atoms with Crippen LogP contribution in [0.5, 0.6) is 0 Å². The third kappa shape index (κ3) is 3.46. The van der Waals surface area contributed by atoms with Crippen molar-refractivity contribution in [1.29, 1.82) is 0 Å². The first-order valence-corrected chi connectivity index (χ1v) is 4.90. The second kappa shape index (κ2) is 4.49. The highest BCUT2D eigenvalue weighted by Gasteiger charge is 2.37. The molecule has 0 aromatic rings. The highest BCUT2D eigenvalue weighted by atomic mass is 19.4. The molecule has 5 heteroatoms. The minimum atomic E-state index is -4.19. The van der Waals surface area contributed by atoms with E-state index in [0.717, 1.165) is 19.8 Å². The van der Waals surface area contributed by atoms with Crippen LogP contribution in [-0.4, -0.2) is 29.5 Å². The van der Waals surface area contributed by atoms with E-state index in [9.17, 15) is 18.3 Å². The molecule has 14 heavy (non-hydrogen) atoms. The maximum Gasteiger partial charge on any atom is 0.403 e. The van der Waals surface area contributed by atoms with Gasteiger partial charge in [-0.3, -0.25) is 0 Å². The number of hydrogen-bond acceptors (Lipinski definition) is 2. The lowest BCUT2D eigenvalue weighted by Gasteiger charge is -2.30. The maximum atomic E-state index is 12.2. The summed E-state index contributed by atoms with van der Waals surface area (Å²) in [6.07, 6.45) is -1.98. The van der Waals surface area contributed by atoms with Crippen LogP contribution in [0.2, 0.25) is 0 Å². The Morgan fingerprint density at radius 2 is 2.00 bits per heavy atom. The van der Waals surface area contributed by atoms with Gasteiger partial charge in [-0.2, -0.15) is 13.2 Å². The van der Waals surface area contributed by atoms with E-state index in [4.69, 9.17) is 0 Å². The van der Waals surface area contributed by atoms with Gasteiger partial charge in [-0.15, -0.1) is 0 Å². The zero-order chi connectivity index (χ0) is 10.8. The van der Waals surface area contributed by atoms with Crippen LogP contribution in [-0.2, 0) is 0 Å². The highest BCUT2D eigenvalue weighted by molar-refractivity contribution is 4.81. The van der Waals surface area contributed by atoms with Crippen molar-refractivity contribution in [2.75, 3.05) is 0 Å². The van der Waals surface area contributed by atoms with Gasteiger partial charge in [0.1, 0.15) is 6.04 Å². The number of halogens is 3. The zero-order valence-corrected chi connectivity index (χ0v) is 8.14. The summed E-state index contributed by atoms with van der Waals surface area (Å²) < 4.78 is 36.5. The molecule has 3 atom stereocenters. The van der Waals surface area contributed by atoms with E-state index in [1.165, 1.54) is 0 Å². The summed E-state index contributed by atoms with van der Waals surface area (Å²) in [7, 11) is 0. The molecule has 0 radical (unpaired) electrons. The quantitative estimate of drug-likeness (QED) is 0.730. The minimum Gasteiger partial charge on any atom is -0.393 e. The molecule has 0 bridgehead atoms. The Bertz CT molecular complexity index is 183. The van der Waals surface area contributed by atoms with E-state index in [1.54, 1.807) is 0 Å². The maximum absolute atomic E-state index is 12.2. The van der Waals surface area contributed by atoms with E-state index < -0.39 is 18.3 Å². The van der Waals surface area contributed by atoms with E-state index in [2.05, 4.69) is 5.32 Å². The van der Waals surface area contributed by atoms with Gasteiger partial charge in [0.05, 0.1) is 6.10 Å². The topological polar surface area (TPSA) is 32.3 Å². The molecular weight excluding hydrogens is 195 g/mol. The van der Waals surface area contributed by atoms with Crippen molar-refractivity contribution in [1.82, 2.24) is 5.32 Å². The Kier molecular flexibility index (Phi) is 3.78. The normalized spacial score (nSPS) is 31.5. The molecule has 1 saturated carbocycles. The largest absolute Gasteiger partial charge is 0.403 e. The van der Waals surface area contributed by atoms with E-state index in [1.807, 2.05) is 0 Å². The first kappa shape index (κ1) is 11.8. The third-order valence-electron chi connectivity index (χ3n) is 2.62. The average molecular weight is 211 g/mol. The highest BCUT2D eigenvalue weighted by Crippen LogP contribution is 2.23. The molecule has 1 rings (SSSR count). The Morgan fingerprint density at radius 1 is 1.36 bits per heavy atom. The molecule has 2 N–H and O–H groups in total. The molecule has 0 aliphatic heterocycles. The van der Waals surface area contributed by atoms with Crippen LogP contribution in [0, 0.1) is 0 Å². The molecule has 1 aliphatic carbocycles. The van der Waals surface area contributed by atoms with Gasteiger partial charge >= 0.3 is 6.18 Å². The van der Waals surface area contributed by atoms with E-state index >= 15 is 0 Å².